The van der Waals surface area contributed by atoms with Crippen LogP contribution in [-0.2, 0) is 6.42 Å². The van der Waals surface area contributed by atoms with Gasteiger partial charge >= 0.3 is 0 Å². The van der Waals surface area contributed by atoms with Crippen molar-refractivity contribution in [3.05, 3.63) is 15.1 Å². The first-order valence-corrected chi connectivity index (χ1v) is 10.1. The number of hydrogen-bond donors (Lipinski definition) is 1. The van der Waals surface area contributed by atoms with Crippen molar-refractivity contribution in [2.45, 2.75) is 49.4 Å². The summed E-state index contributed by atoms with van der Waals surface area (Å²) in [5.41, 5.74) is 1.19. The summed E-state index contributed by atoms with van der Waals surface area (Å²) in [5, 5.41) is 5.02. The van der Waals surface area contributed by atoms with Crippen molar-refractivity contribution in [2.75, 3.05) is 18.1 Å². The Morgan fingerprint density at radius 1 is 1.30 bits per heavy atom. The van der Waals surface area contributed by atoms with Gasteiger partial charge in [-0.25, -0.2) is 9.97 Å². The first-order valence-electron chi connectivity index (χ1n) is 7.07. The van der Waals surface area contributed by atoms with Crippen LogP contribution in [0.4, 0.5) is 5.82 Å². The van der Waals surface area contributed by atoms with E-state index in [0.717, 1.165) is 35.5 Å². The zero-order chi connectivity index (χ0) is 14.7. The Morgan fingerprint density at radius 2 is 2.05 bits per heavy atom. The molecular formula is C14H22IN3S2. The van der Waals surface area contributed by atoms with E-state index < -0.39 is 0 Å². The van der Waals surface area contributed by atoms with Gasteiger partial charge in [-0.15, -0.1) is 11.8 Å². The summed E-state index contributed by atoms with van der Waals surface area (Å²) in [7, 11) is 1.94. The highest BCUT2D eigenvalue weighted by Crippen LogP contribution is 2.43. The minimum Gasteiger partial charge on any atom is -0.372 e. The van der Waals surface area contributed by atoms with E-state index in [1.54, 1.807) is 0 Å². The standard InChI is InChI=1S/C14H22IN3S2/c1-5-6-10-12(15)14(16-4)18-13(17-10)11-7-19-8(2)9(3)20-11/h8-9,11H,5-7H2,1-4H3,(H,16,17,18). The minimum atomic E-state index is 0.422. The summed E-state index contributed by atoms with van der Waals surface area (Å²) in [6.07, 6.45) is 2.15. The van der Waals surface area contributed by atoms with Crippen molar-refractivity contribution in [3.63, 3.8) is 0 Å². The molecule has 1 aromatic rings. The van der Waals surface area contributed by atoms with E-state index in [1.165, 1.54) is 9.26 Å². The van der Waals surface area contributed by atoms with E-state index in [-0.39, 0.29) is 0 Å². The molecule has 1 N–H and O–H groups in total. The van der Waals surface area contributed by atoms with Crippen molar-refractivity contribution >= 4 is 51.9 Å². The van der Waals surface area contributed by atoms with Gasteiger partial charge < -0.3 is 5.32 Å². The molecule has 2 heterocycles. The van der Waals surface area contributed by atoms with Crippen LogP contribution in [0, 0.1) is 3.57 Å². The smallest absolute Gasteiger partial charge is 0.144 e. The lowest BCUT2D eigenvalue weighted by atomic mass is 10.2. The summed E-state index contributed by atoms with van der Waals surface area (Å²) in [5.74, 6) is 3.11. The van der Waals surface area contributed by atoms with E-state index in [0.29, 0.717) is 10.5 Å². The average molecular weight is 423 g/mol. The Bertz CT molecular complexity index is 470. The summed E-state index contributed by atoms with van der Waals surface area (Å²) in [4.78, 5) is 9.61. The maximum Gasteiger partial charge on any atom is 0.144 e. The molecule has 0 bridgehead atoms. The van der Waals surface area contributed by atoms with Crippen LogP contribution in [0.2, 0.25) is 0 Å². The summed E-state index contributed by atoms with van der Waals surface area (Å²) in [6, 6.07) is 0. The number of nitrogens with zero attached hydrogens (tertiary/aromatic N) is 2. The van der Waals surface area contributed by atoms with Gasteiger partial charge in [0.2, 0.25) is 0 Å². The molecule has 0 radical (unpaired) electrons. The molecule has 3 atom stereocenters. The third kappa shape index (κ3) is 3.74. The molecule has 0 saturated carbocycles. The third-order valence-corrected chi connectivity index (χ3v) is 8.02. The van der Waals surface area contributed by atoms with Gasteiger partial charge in [-0.2, -0.15) is 11.8 Å². The number of rotatable bonds is 4. The summed E-state index contributed by atoms with van der Waals surface area (Å²) < 4.78 is 1.17. The number of anilines is 1. The van der Waals surface area contributed by atoms with Gasteiger partial charge in [-0.3, -0.25) is 0 Å². The first-order chi connectivity index (χ1) is 9.56. The fourth-order valence-electron chi connectivity index (χ4n) is 2.14. The molecule has 1 saturated heterocycles. The van der Waals surface area contributed by atoms with Crippen LogP contribution >= 0.6 is 46.1 Å². The zero-order valence-corrected chi connectivity index (χ0v) is 16.2. The van der Waals surface area contributed by atoms with Crippen molar-refractivity contribution < 1.29 is 0 Å². The highest BCUT2D eigenvalue weighted by Gasteiger charge is 2.29. The van der Waals surface area contributed by atoms with E-state index >= 15 is 0 Å². The molecule has 1 fully saturated rings. The van der Waals surface area contributed by atoms with Crippen LogP contribution in [0.15, 0.2) is 0 Å². The second kappa shape index (κ2) is 7.54. The maximum absolute atomic E-state index is 4.86. The van der Waals surface area contributed by atoms with Crippen LogP contribution in [0.25, 0.3) is 0 Å². The highest BCUT2D eigenvalue weighted by atomic mass is 127. The molecule has 0 aliphatic carbocycles. The molecule has 2 rings (SSSR count). The van der Waals surface area contributed by atoms with E-state index in [9.17, 15) is 0 Å². The molecular weight excluding hydrogens is 401 g/mol. The van der Waals surface area contributed by atoms with Crippen molar-refractivity contribution in [3.8, 4) is 0 Å². The predicted molar refractivity (Wildman–Crippen MR) is 100 cm³/mol. The Labute approximate surface area is 144 Å². The second-order valence-corrected chi connectivity index (χ2v) is 9.13. The molecule has 3 nitrogen and oxygen atoms in total. The zero-order valence-electron chi connectivity index (χ0n) is 12.4. The summed E-state index contributed by atoms with van der Waals surface area (Å²) in [6.45, 7) is 6.83. The second-order valence-electron chi connectivity index (χ2n) is 5.06. The van der Waals surface area contributed by atoms with Gasteiger partial charge in [0.25, 0.3) is 0 Å². The molecule has 112 valence electrons. The van der Waals surface area contributed by atoms with E-state index in [4.69, 9.17) is 9.97 Å². The van der Waals surface area contributed by atoms with Gasteiger partial charge in [0, 0.05) is 23.3 Å². The predicted octanol–water partition coefficient (Wildman–Crippen LogP) is 4.37. The fraction of sp³-hybridized carbons (Fsp3) is 0.714. The maximum atomic E-state index is 4.86. The molecule has 0 spiro atoms. The normalized spacial score (nSPS) is 26.6. The SMILES string of the molecule is CCCc1nc(C2CSC(C)C(C)S2)nc(NC)c1I. The minimum absolute atomic E-state index is 0.422. The Hall–Kier alpha value is 0.310. The van der Waals surface area contributed by atoms with Gasteiger partial charge in [0.1, 0.15) is 11.6 Å². The Morgan fingerprint density at radius 3 is 2.65 bits per heavy atom. The Balaban J connectivity index is 2.29. The molecule has 0 amide bonds. The lowest BCUT2D eigenvalue weighted by Crippen LogP contribution is -2.23. The number of halogens is 1. The molecule has 1 aliphatic heterocycles. The first kappa shape index (κ1) is 16.7. The van der Waals surface area contributed by atoms with Gasteiger partial charge in [0.05, 0.1) is 14.5 Å². The number of hydrogen-bond acceptors (Lipinski definition) is 5. The molecule has 1 aromatic heterocycles. The van der Waals surface area contributed by atoms with Crippen LogP contribution in [0.5, 0.6) is 0 Å². The van der Waals surface area contributed by atoms with Gasteiger partial charge in [-0.1, -0.05) is 27.2 Å². The van der Waals surface area contributed by atoms with Gasteiger partial charge in [-0.05, 0) is 29.0 Å². The number of aryl methyl sites for hydroxylation is 1. The highest BCUT2D eigenvalue weighted by molar-refractivity contribution is 14.1. The summed E-state index contributed by atoms with van der Waals surface area (Å²) >= 11 is 6.43. The molecule has 6 heteroatoms. The van der Waals surface area contributed by atoms with Crippen LogP contribution in [0.3, 0.4) is 0 Å². The van der Waals surface area contributed by atoms with Crippen molar-refractivity contribution in [1.29, 1.82) is 0 Å². The third-order valence-electron chi connectivity index (χ3n) is 3.50. The molecule has 0 aromatic carbocycles. The quantitative estimate of drug-likeness (QED) is 0.728. The molecule has 1 aliphatic rings. The number of thioether (sulfide) groups is 2. The van der Waals surface area contributed by atoms with Crippen LogP contribution < -0.4 is 5.32 Å². The van der Waals surface area contributed by atoms with Gasteiger partial charge in [0.15, 0.2) is 0 Å². The van der Waals surface area contributed by atoms with E-state index in [1.807, 2.05) is 30.6 Å². The Kier molecular flexibility index (Phi) is 6.28. The molecule has 3 unspecified atom stereocenters. The van der Waals surface area contributed by atoms with Crippen LogP contribution in [-0.4, -0.2) is 33.3 Å². The van der Waals surface area contributed by atoms with E-state index in [2.05, 4.69) is 48.7 Å². The monoisotopic (exact) mass is 423 g/mol. The molecule has 20 heavy (non-hydrogen) atoms. The lowest BCUT2D eigenvalue weighted by molar-refractivity contribution is 0.811. The fourth-order valence-corrected chi connectivity index (χ4v) is 5.77. The van der Waals surface area contributed by atoms with Crippen molar-refractivity contribution in [1.82, 2.24) is 9.97 Å². The number of nitrogens with one attached hydrogen (secondary N) is 1. The largest absolute Gasteiger partial charge is 0.372 e. The topological polar surface area (TPSA) is 37.8 Å². The number of aromatic nitrogens is 2. The van der Waals surface area contributed by atoms with Crippen molar-refractivity contribution in [2.24, 2.45) is 0 Å². The average Bonchev–Trinajstić information content (AvgIpc) is 2.44. The lowest BCUT2D eigenvalue weighted by Gasteiger charge is -2.30. The van der Waals surface area contributed by atoms with Crippen LogP contribution in [0.1, 0.15) is 44.0 Å².